The Hall–Kier alpha value is -1.39. The van der Waals surface area contributed by atoms with E-state index in [9.17, 15) is 15.0 Å². The molecule has 4 heteroatoms. The van der Waals surface area contributed by atoms with Crippen molar-refractivity contribution in [2.45, 2.75) is 12.5 Å². The van der Waals surface area contributed by atoms with Gasteiger partial charge in [0.15, 0.2) is 0 Å². The van der Waals surface area contributed by atoms with E-state index in [1.807, 2.05) is 51.5 Å². The summed E-state index contributed by atoms with van der Waals surface area (Å²) < 4.78 is 0.541. The number of aliphatic hydroxyl groups is 1. The maximum atomic E-state index is 11.3. The lowest BCUT2D eigenvalue weighted by molar-refractivity contribution is -0.874. The fourth-order valence-corrected chi connectivity index (χ4v) is 1.94. The summed E-state index contributed by atoms with van der Waals surface area (Å²) in [5, 5.41) is 19.3. The minimum Gasteiger partial charge on any atom is -0.481 e. The molecule has 0 aliphatic rings. The molecular formula is C14H22NO3+. The van der Waals surface area contributed by atoms with E-state index in [-0.39, 0.29) is 0 Å². The molecule has 0 bridgehead atoms. The van der Waals surface area contributed by atoms with Gasteiger partial charge in [0.2, 0.25) is 0 Å². The molecule has 1 rings (SSSR count). The SMILES string of the molecule is C[N+](C)(C)CC(O)C(Cc1ccccc1)C(=O)O. The average Bonchev–Trinajstić information content (AvgIpc) is 2.24. The molecule has 2 atom stereocenters. The summed E-state index contributed by atoms with van der Waals surface area (Å²) in [6, 6.07) is 9.41. The quantitative estimate of drug-likeness (QED) is 0.743. The van der Waals surface area contributed by atoms with Gasteiger partial charge in [-0.25, -0.2) is 0 Å². The molecule has 0 aromatic heterocycles. The largest absolute Gasteiger partial charge is 0.481 e. The average molecular weight is 252 g/mol. The molecule has 0 fully saturated rings. The third-order valence-corrected chi connectivity index (χ3v) is 2.81. The van der Waals surface area contributed by atoms with E-state index in [0.717, 1.165) is 5.56 Å². The molecule has 2 unspecified atom stereocenters. The minimum absolute atomic E-state index is 0.358. The fourth-order valence-electron chi connectivity index (χ4n) is 1.94. The van der Waals surface area contributed by atoms with Gasteiger partial charge in [0, 0.05) is 0 Å². The minimum atomic E-state index is -0.945. The molecule has 0 saturated heterocycles. The first-order valence-corrected chi connectivity index (χ1v) is 6.05. The molecule has 0 aliphatic carbocycles. The third-order valence-electron chi connectivity index (χ3n) is 2.81. The van der Waals surface area contributed by atoms with E-state index < -0.39 is 18.0 Å². The Kier molecular flexibility index (Phi) is 4.87. The Morgan fingerprint density at radius 2 is 1.78 bits per heavy atom. The summed E-state index contributed by atoms with van der Waals surface area (Å²) in [6.07, 6.45) is -0.486. The van der Waals surface area contributed by atoms with E-state index >= 15 is 0 Å². The fraction of sp³-hybridized carbons (Fsp3) is 0.500. The van der Waals surface area contributed by atoms with Gasteiger partial charge in [-0.15, -0.1) is 0 Å². The van der Waals surface area contributed by atoms with Crippen molar-refractivity contribution in [3.05, 3.63) is 35.9 Å². The lowest BCUT2D eigenvalue weighted by Crippen LogP contribution is -2.46. The number of carboxylic acid groups (broad SMARTS) is 1. The van der Waals surface area contributed by atoms with Crippen molar-refractivity contribution in [1.82, 2.24) is 0 Å². The van der Waals surface area contributed by atoms with Crippen LogP contribution in [0.25, 0.3) is 0 Å². The smallest absolute Gasteiger partial charge is 0.309 e. The molecule has 0 radical (unpaired) electrons. The molecule has 0 amide bonds. The monoisotopic (exact) mass is 252 g/mol. The molecule has 2 N–H and O–H groups in total. The van der Waals surface area contributed by atoms with Crippen LogP contribution in [0.3, 0.4) is 0 Å². The van der Waals surface area contributed by atoms with Crippen LogP contribution in [-0.2, 0) is 11.2 Å². The summed E-state index contributed by atoms with van der Waals surface area (Å²) in [5.74, 6) is -1.70. The number of aliphatic carboxylic acids is 1. The summed E-state index contributed by atoms with van der Waals surface area (Å²) in [5.41, 5.74) is 0.936. The number of hydrogen-bond donors (Lipinski definition) is 2. The number of aliphatic hydroxyl groups excluding tert-OH is 1. The molecule has 0 heterocycles. The summed E-state index contributed by atoms with van der Waals surface area (Å²) >= 11 is 0. The van der Waals surface area contributed by atoms with Crippen LogP contribution in [0.15, 0.2) is 30.3 Å². The normalized spacial score (nSPS) is 15.1. The molecule has 0 saturated carbocycles. The molecule has 0 spiro atoms. The second-order valence-corrected chi connectivity index (χ2v) is 5.67. The van der Waals surface area contributed by atoms with Crippen molar-refractivity contribution in [2.75, 3.05) is 27.7 Å². The summed E-state index contributed by atoms with van der Waals surface area (Å²) in [7, 11) is 5.81. The van der Waals surface area contributed by atoms with Crippen molar-refractivity contribution < 1.29 is 19.5 Å². The topological polar surface area (TPSA) is 57.5 Å². The number of benzene rings is 1. The first kappa shape index (κ1) is 14.7. The van der Waals surface area contributed by atoms with Crippen LogP contribution in [-0.4, -0.2) is 54.5 Å². The van der Waals surface area contributed by atoms with Crippen molar-refractivity contribution in [1.29, 1.82) is 0 Å². The van der Waals surface area contributed by atoms with Crippen LogP contribution >= 0.6 is 0 Å². The molecule has 1 aromatic rings. The maximum Gasteiger partial charge on any atom is 0.309 e. The number of carbonyl (C=O) groups is 1. The van der Waals surface area contributed by atoms with Gasteiger partial charge in [-0.05, 0) is 12.0 Å². The van der Waals surface area contributed by atoms with Crippen LogP contribution in [0.2, 0.25) is 0 Å². The van der Waals surface area contributed by atoms with Crippen LogP contribution in [0, 0.1) is 5.92 Å². The van der Waals surface area contributed by atoms with Crippen LogP contribution in [0.1, 0.15) is 5.56 Å². The number of hydrogen-bond acceptors (Lipinski definition) is 2. The predicted octanol–water partition coefficient (Wildman–Crippen LogP) is 0.997. The van der Waals surface area contributed by atoms with Gasteiger partial charge in [0.25, 0.3) is 0 Å². The third kappa shape index (κ3) is 4.85. The summed E-state index contributed by atoms with van der Waals surface area (Å²) in [4.78, 5) is 11.3. The van der Waals surface area contributed by atoms with E-state index in [1.54, 1.807) is 0 Å². The second kappa shape index (κ2) is 5.98. The number of rotatable bonds is 6. The van der Waals surface area contributed by atoms with Crippen LogP contribution in [0.5, 0.6) is 0 Å². The maximum absolute atomic E-state index is 11.3. The van der Waals surface area contributed by atoms with E-state index in [0.29, 0.717) is 17.4 Å². The first-order valence-electron chi connectivity index (χ1n) is 6.05. The highest BCUT2D eigenvalue weighted by Gasteiger charge is 2.30. The van der Waals surface area contributed by atoms with E-state index in [1.165, 1.54) is 0 Å². The van der Waals surface area contributed by atoms with Crippen LogP contribution in [0.4, 0.5) is 0 Å². The van der Waals surface area contributed by atoms with Crippen molar-refractivity contribution in [2.24, 2.45) is 5.92 Å². The zero-order valence-corrected chi connectivity index (χ0v) is 11.2. The molecule has 18 heavy (non-hydrogen) atoms. The highest BCUT2D eigenvalue weighted by Crippen LogP contribution is 2.15. The zero-order chi connectivity index (χ0) is 13.8. The standard InChI is InChI=1S/C14H21NO3/c1-15(2,3)10-13(16)12(14(17)18)9-11-7-5-4-6-8-11/h4-8,12-13,16H,9-10H2,1-3H3/p+1. The zero-order valence-electron chi connectivity index (χ0n) is 11.2. The number of nitrogens with zero attached hydrogens (tertiary/aromatic N) is 1. The van der Waals surface area contributed by atoms with Gasteiger partial charge in [-0.2, -0.15) is 0 Å². The molecular weight excluding hydrogens is 230 g/mol. The highest BCUT2D eigenvalue weighted by atomic mass is 16.4. The van der Waals surface area contributed by atoms with Gasteiger partial charge in [0.1, 0.15) is 12.6 Å². The van der Waals surface area contributed by atoms with Crippen molar-refractivity contribution >= 4 is 5.97 Å². The molecule has 1 aromatic carbocycles. The lowest BCUT2D eigenvalue weighted by Gasteiger charge is -2.29. The Bertz CT molecular complexity index is 384. The van der Waals surface area contributed by atoms with Gasteiger partial charge in [-0.1, -0.05) is 30.3 Å². The van der Waals surface area contributed by atoms with Gasteiger partial charge < -0.3 is 14.7 Å². The Morgan fingerprint density at radius 1 is 1.22 bits per heavy atom. The summed E-state index contributed by atoms with van der Waals surface area (Å²) in [6.45, 7) is 0.420. The Labute approximate surface area is 108 Å². The molecule has 4 nitrogen and oxygen atoms in total. The van der Waals surface area contributed by atoms with Gasteiger partial charge in [-0.3, -0.25) is 4.79 Å². The second-order valence-electron chi connectivity index (χ2n) is 5.67. The number of likely N-dealkylation sites (N-methyl/N-ethyl adjacent to an activating group) is 1. The lowest BCUT2D eigenvalue weighted by atomic mass is 9.93. The first-order chi connectivity index (χ1) is 8.29. The number of carboxylic acids is 1. The van der Waals surface area contributed by atoms with Crippen LogP contribution < -0.4 is 0 Å². The molecule has 0 aliphatic heterocycles. The van der Waals surface area contributed by atoms with Crippen molar-refractivity contribution in [3.8, 4) is 0 Å². The van der Waals surface area contributed by atoms with E-state index in [2.05, 4.69) is 0 Å². The predicted molar refractivity (Wildman–Crippen MR) is 70.2 cm³/mol. The van der Waals surface area contributed by atoms with Gasteiger partial charge in [0.05, 0.1) is 27.1 Å². The van der Waals surface area contributed by atoms with E-state index in [4.69, 9.17) is 0 Å². The molecule has 100 valence electrons. The Balaban J connectivity index is 2.74. The Morgan fingerprint density at radius 3 is 2.22 bits per heavy atom. The van der Waals surface area contributed by atoms with Gasteiger partial charge >= 0.3 is 5.97 Å². The van der Waals surface area contributed by atoms with Crippen molar-refractivity contribution in [3.63, 3.8) is 0 Å². The number of quaternary nitrogens is 1. The highest BCUT2D eigenvalue weighted by molar-refractivity contribution is 5.71.